The molecule has 0 bridgehead atoms. The number of anilines is 1. The molecule has 9 heteroatoms. The van der Waals surface area contributed by atoms with Crippen LogP contribution in [0.2, 0.25) is 0 Å². The van der Waals surface area contributed by atoms with Crippen LogP contribution in [0.4, 0.5) is 14.5 Å². The Hall–Kier alpha value is -4.40. The largest absolute Gasteiger partial charge is 0.507 e. The van der Waals surface area contributed by atoms with E-state index in [1.54, 1.807) is 24.3 Å². The first-order chi connectivity index (χ1) is 17.6. The number of aliphatic hydroxyl groups excluding tert-OH is 1. The molecule has 1 aliphatic rings. The molecule has 37 heavy (non-hydrogen) atoms. The highest BCUT2D eigenvalue weighted by Crippen LogP contribution is 2.44. The van der Waals surface area contributed by atoms with Crippen molar-refractivity contribution in [1.29, 1.82) is 0 Å². The zero-order valence-electron chi connectivity index (χ0n) is 20.4. The molecule has 0 radical (unpaired) electrons. The first kappa shape index (κ1) is 25.7. The van der Waals surface area contributed by atoms with Gasteiger partial charge < -0.3 is 19.7 Å². The first-order valence-corrected chi connectivity index (χ1v) is 11.5. The number of ketones is 1. The Morgan fingerprint density at radius 1 is 1.00 bits per heavy atom. The van der Waals surface area contributed by atoms with Crippen LogP contribution in [0.1, 0.15) is 31.0 Å². The van der Waals surface area contributed by atoms with Crippen molar-refractivity contribution < 1.29 is 38.1 Å². The second kappa shape index (κ2) is 10.3. The lowest BCUT2D eigenvalue weighted by Crippen LogP contribution is -2.29. The summed E-state index contributed by atoms with van der Waals surface area (Å²) < 4.78 is 38.4. The molecule has 1 atom stereocenters. The minimum atomic E-state index is -1.25. The van der Waals surface area contributed by atoms with E-state index in [1.165, 1.54) is 25.3 Å². The highest BCUT2D eigenvalue weighted by atomic mass is 19.2. The van der Waals surface area contributed by atoms with E-state index in [4.69, 9.17) is 9.47 Å². The Morgan fingerprint density at radius 3 is 2.30 bits per heavy atom. The number of aromatic hydroxyl groups is 1. The van der Waals surface area contributed by atoms with Crippen LogP contribution in [0.5, 0.6) is 17.2 Å². The highest BCUT2D eigenvalue weighted by Gasteiger charge is 2.47. The average Bonchev–Trinajstić information content (AvgIpc) is 3.14. The number of hydrogen-bond acceptors (Lipinski definition) is 6. The van der Waals surface area contributed by atoms with Crippen LogP contribution in [0, 0.1) is 17.6 Å². The average molecular weight is 510 g/mol. The van der Waals surface area contributed by atoms with E-state index in [2.05, 4.69) is 0 Å². The van der Waals surface area contributed by atoms with Gasteiger partial charge in [-0.1, -0.05) is 19.9 Å². The molecule has 4 rings (SSSR count). The van der Waals surface area contributed by atoms with Crippen molar-refractivity contribution in [2.24, 2.45) is 5.92 Å². The van der Waals surface area contributed by atoms with Gasteiger partial charge in [0.15, 0.2) is 23.1 Å². The van der Waals surface area contributed by atoms with E-state index < -0.39 is 35.1 Å². The zero-order chi connectivity index (χ0) is 26.9. The van der Waals surface area contributed by atoms with E-state index in [0.29, 0.717) is 18.3 Å². The van der Waals surface area contributed by atoms with Gasteiger partial charge in [-0.15, -0.1) is 0 Å². The van der Waals surface area contributed by atoms with Crippen molar-refractivity contribution in [2.75, 3.05) is 18.6 Å². The van der Waals surface area contributed by atoms with E-state index >= 15 is 0 Å². The van der Waals surface area contributed by atoms with Crippen molar-refractivity contribution in [1.82, 2.24) is 0 Å². The SMILES string of the molecule is COc1ccc(C2/C(=C(\O)c3ccc(OCC(C)C)cc3)C(=O)C(=O)N2c2ccc(F)c(F)c2)cc1O. The maximum absolute atomic E-state index is 14.1. The molecule has 1 aliphatic heterocycles. The summed E-state index contributed by atoms with van der Waals surface area (Å²) in [6, 6.07) is 12.1. The smallest absolute Gasteiger partial charge is 0.300 e. The van der Waals surface area contributed by atoms with Crippen LogP contribution in [0.25, 0.3) is 5.76 Å². The molecule has 0 saturated carbocycles. The lowest BCUT2D eigenvalue weighted by Gasteiger charge is -2.26. The Morgan fingerprint density at radius 2 is 1.70 bits per heavy atom. The summed E-state index contributed by atoms with van der Waals surface area (Å²) in [4.78, 5) is 27.3. The molecule has 2 N–H and O–H groups in total. The van der Waals surface area contributed by atoms with Crippen molar-refractivity contribution in [2.45, 2.75) is 19.9 Å². The van der Waals surface area contributed by atoms with Gasteiger partial charge in [-0.3, -0.25) is 14.5 Å². The van der Waals surface area contributed by atoms with Gasteiger partial charge in [0.05, 0.1) is 25.3 Å². The van der Waals surface area contributed by atoms with E-state index in [0.717, 1.165) is 23.1 Å². The first-order valence-electron chi connectivity index (χ1n) is 11.5. The number of ether oxygens (including phenoxy) is 2. The monoisotopic (exact) mass is 509 g/mol. The molecule has 0 spiro atoms. The molecule has 1 heterocycles. The lowest BCUT2D eigenvalue weighted by molar-refractivity contribution is -0.132. The molecule has 7 nitrogen and oxygen atoms in total. The molecule has 3 aromatic rings. The molecule has 0 aliphatic carbocycles. The topological polar surface area (TPSA) is 96.3 Å². The van der Waals surface area contributed by atoms with Gasteiger partial charge in [0, 0.05) is 17.3 Å². The maximum Gasteiger partial charge on any atom is 0.300 e. The van der Waals surface area contributed by atoms with Gasteiger partial charge in [-0.05, 0) is 60.0 Å². The lowest BCUT2D eigenvalue weighted by atomic mass is 9.94. The van der Waals surface area contributed by atoms with Gasteiger partial charge in [-0.2, -0.15) is 0 Å². The minimum Gasteiger partial charge on any atom is -0.507 e. The van der Waals surface area contributed by atoms with Crippen LogP contribution in [0.15, 0.2) is 66.2 Å². The number of aliphatic hydroxyl groups is 1. The molecule has 1 saturated heterocycles. The number of phenols is 1. The summed E-state index contributed by atoms with van der Waals surface area (Å²) in [6.07, 6.45) is 0. The Bertz CT molecular complexity index is 1380. The molecular formula is C28H25F2NO6. The number of carbonyl (C=O) groups excluding carboxylic acids is 2. The van der Waals surface area contributed by atoms with Crippen LogP contribution >= 0.6 is 0 Å². The molecule has 1 fully saturated rings. The second-order valence-corrected chi connectivity index (χ2v) is 8.93. The Kier molecular flexibility index (Phi) is 7.15. The number of hydrogen-bond donors (Lipinski definition) is 2. The molecule has 1 amide bonds. The highest BCUT2D eigenvalue weighted by molar-refractivity contribution is 6.51. The molecular weight excluding hydrogens is 484 g/mol. The fourth-order valence-electron chi connectivity index (χ4n) is 4.05. The molecule has 3 aromatic carbocycles. The van der Waals surface area contributed by atoms with Crippen molar-refractivity contribution in [3.05, 3.63) is 89.0 Å². The standard InChI is InChI=1S/C28H25F2NO6/c1-15(2)14-37-19-8-4-16(5-9-19)26(33)24-25(17-6-11-23(36-3)22(32)12-17)31(28(35)27(24)34)18-7-10-20(29)21(30)13-18/h4-13,15,25,32-33H,14H2,1-3H3/b26-24+. The van der Waals surface area contributed by atoms with E-state index in [9.17, 15) is 28.6 Å². The third-order valence-electron chi connectivity index (χ3n) is 5.86. The van der Waals surface area contributed by atoms with E-state index in [1.807, 2.05) is 13.8 Å². The molecule has 0 aromatic heterocycles. The van der Waals surface area contributed by atoms with Crippen LogP contribution < -0.4 is 14.4 Å². The van der Waals surface area contributed by atoms with Gasteiger partial charge in [0.2, 0.25) is 0 Å². The van der Waals surface area contributed by atoms with Gasteiger partial charge >= 0.3 is 0 Å². The minimum absolute atomic E-state index is 0.0993. The fourth-order valence-corrected chi connectivity index (χ4v) is 4.05. The number of amides is 1. The summed E-state index contributed by atoms with van der Waals surface area (Å²) in [7, 11) is 1.36. The predicted octanol–water partition coefficient (Wildman–Crippen LogP) is 5.34. The van der Waals surface area contributed by atoms with Crippen molar-refractivity contribution in [3.63, 3.8) is 0 Å². The quantitative estimate of drug-likeness (QED) is 0.254. The maximum atomic E-state index is 14.1. The van der Waals surface area contributed by atoms with Crippen LogP contribution in [-0.4, -0.2) is 35.6 Å². The zero-order valence-corrected chi connectivity index (χ0v) is 20.4. The van der Waals surface area contributed by atoms with Gasteiger partial charge in [0.25, 0.3) is 11.7 Å². The predicted molar refractivity (Wildman–Crippen MR) is 133 cm³/mol. The summed E-state index contributed by atoms with van der Waals surface area (Å²) in [5.74, 6) is -4.16. The summed E-state index contributed by atoms with van der Waals surface area (Å²) in [5.41, 5.74) is 0.0940. The normalized spacial score (nSPS) is 16.9. The second-order valence-electron chi connectivity index (χ2n) is 8.93. The Labute approximate surface area is 212 Å². The van der Waals surface area contributed by atoms with Crippen molar-refractivity contribution >= 4 is 23.1 Å². The number of benzene rings is 3. The number of phenolic OH excluding ortho intramolecular Hbond substituents is 1. The van der Waals surface area contributed by atoms with Gasteiger partial charge in [-0.25, -0.2) is 8.78 Å². The number of Topliss-reactive ketones (excluding diaryl/α,β-unsaturated/α-hetero) is 1. The number of nitrogens with zero attached hydrogens (tertiary/aromatic N) is 1. The number of rotatable bonds is 7. The van der Waals surface area contributed by atoms with Crippen LogP contribution in [-0.2, 0) is 9.59 Å². The van der Waals surface area contributed by atoms with Crippen LogP contribution in [0.3, 0.4) is 0 Å². The number of carbonyl (C=O) groups is 2. The van der Waals surface area contributed by atoms with Gasteiger partial charge in [0.1, 0.15) is 11.5 Å². The summed E-state index contributed by atoms with van der Waals surface area (Å²) >= 11 is 0. The number of halogens is 2. The molecule has 192 valence electrons. The summed E-state index contributed by atoms with van der Waals surface area (Å²) in [5, 5.41) is 21.6. The third kappa shape index (κ3) is 4.97. The Balaban J connectivity index is 1.86. The van der Waals surface area contributed by atoms with E-state index in [-0.39, 0.29) is 33.9 Å². The molecule has 1 unspecified atom stereocenters. The fraction of sp³-hybridized carbons (Fsp3) is 0.214. The van der Waals surface area contributed by atoms with Crippen molar-refractivity contribution in [3.8, 4) is 17.2 Å². The number of methoxy groups -OCH3 is 1. The summed E-state index contributed by atoms with van der Waals surface area (Å²) in [6.45, 7) is 4.50. The third-order valence-corrected chi connectivity index (χ3v) is 5.86.